The Morgan fingerprint density at radius 1 is 1.38 bits per heavy atom. The lowest BCUT2D eigenvalue weighted by atomic mass is 9.83. The molecular formula is C20H25N5O. The summed E-state index contributed by atoms with van der Waals surface area (Å²) in [6, 6.07) is 9.26. The van der Waals surface area contributed by atoms with Gasteiger partial charge in [0, 0.05) is 31.7 Å². The molecule has 6 nitrogen and oxygen atoms in total. The molecule has 6 heteroatoms. The van der Waals surface area contributed by atoms with Crippen molar-refractivity contribution in [1.29, 1.82) is 5.26 Å². The zero-order valence-electron chi connectivity index (χ0n) is 15.3. The van der Waals surface area contributed by atoms with E-state index in [-0.39, 0.29) is 17.9 Å². The first-order valence-electron chi connectivity index (χ1n) is 8.62. The summed E-state index contributed by atoms with van der Waals surface area (Å²) in [4.78, 5) is 19.2. The molecular weight excluding hydrogens is 326 g/mol. The molecule has 0 aliphatic heterocycles. The van der Waals surface area contributed by atoms with Crippen LogP contribution in [-0.4, -0.2) is 26.9 Å². The van der Waals surface area contributed by atoms with Gasteiger partial charge >= 0.3 is 0 Å². The second-order valence-corrected chi connectivity index (χ2v) is 6.49. The van der Waals surface area contributed by atoms with Gasteiger partial charge in [-0.1, -0.05) is 24.3 Å². The molecule has 3 N–H and O–H groups in total. The van der Waals surface area contributed by atoms with Crippen molar-refractivity contribution in [3.8, 4) is 6.07 Å². The molecule has 0 aliphatic rings. The van der Waals surface area contributed by atoms with Gasteiger partial charge in [0.05, 0.1) is 17.7 Å². The van der Waals surface area contributed by atoms with Gasteiger partial charge in [-0.25, -0.2) is 10.8 Å². The number of imidazole rings is 1. The van der Waals surface area contributed by atoms with Crippen molar-refractivity contribution >= 4 is 5.91 Å². The van der Waals surface area contributed by atoms with Crippen molar-refractivity contribution in [3.05, 3.63) is 65.8 Å². The van der Waals surface area contributed by atoms with Crippen molar-refractivity contribution in [2.45, 2.75) is 45.1 Å². The van der Waals surface area contributed by atoms with Crippen molar-refractivity contribution in [2.24, 2.45) is 5.84 Å². The van der Waals surface area contributed by atoms with E-state index in [9.17, 15) is 4.79 Å². The Hall–Kier alpha value is -2.91. The number of benzene rings is 1. The first-order valence-corrected chi connectivity index (χ1v) is 8.62. The van der Waals surface area contributed by atoms with Crippen LogP contribution < -0.4 is 5.84 Å². The molecule has 2 aromatic rings. The number of nitrogens with zero attached hydrogens (tertiary/aromatic N) is 3. The van der Waals surface area contributed by atoms with Crippen LogP contribution in [0.2, 0.25) is 0 Å². The normalized spacial score (nSPS) is 12.8. The van der Waals surface area contributed by atoms with Crippen LogP contribution in [0, 0.1) is 11.3 Å². The van der Waals surface area contributed by atoms with Crippen LogP contribution in [0.25, 0.3) is 0 Å². The number of hydrogen-bond donors (Lipinski definition) is 2. The molecule has 0 bridgehead atoms. The van der Waals surface area contributed by atoms with Crippen LogP contribution in [0.4, 0.5) is 0 Å². The molecule has 136 valence electrons. The lowest BCUT2D eigenvalue weighted by molar-refractivity contribution is -0.131. The number of H-pyrrole nitrogens is 1. The predicted octanol–water partition coefficient (Wildman–Crippen LogP) is 3.05. The number of aromatic nitrogens is 2. The van der Waals surface area contributed by atoms with E-state index >= 15 is 0 Å². The number of carbonyl (C=O) groups is 1. The standard InChI is InChI=1S/C20H25N5O/c1-14(2)20(25(22)15(3)26)18(5-4-6-19-23-11-12-24-19)17-9-7-16(13-21)8-10-17/h7-12,18,20H,1,4-6,22H2,2-3H3,(H,23,24). The summed E-state index contributed by atoms with van der Waals surface area (Å²) in [6.45, 7) is 7.39. The maximum Gasteiger partial charge on any atom is 0.233 e. The Bertz CT molecular complexity index is 774. The SMILES string of the molecule is C=C(C)C(C(CCCc1ncc[nH]1)c1ccc(C#N)cc1)N(N)C(C)=O. The van der Waals surface area contributed by atoms with Crippen LogP contribution in [0.5, 0.6) is 0 Å². The number of amides is 1. The number of nitriles is 1. The maximum atomic E-state index is 11.9. The van der Waals surface area contributed by atoms with Gasteiger partial charge in [0.25, 0.3) is 0 Å². The lowest BCUT2D eigenvalue weighted by Crippen LogP contribution is -2.48. The zero-order chi connectivity index (χ0) is 19.1. The van der Waals surface area contributed by atoms with Crippen LogP contribution in [-0.2, 0) is 11.2 Å². The second-order valence-electron chi connectivity index (χ2n) is 6.49. The first-order chi connectivity index (χ1) is 12.4. The molecule has 1 aromatic carbocycles. The minimum Gasteiger partial charge on any atom is -0.349 e. The zero-order valence-corrected chi connectivity index (χ0v) is 15.3. The minimum atomic E-state index is -0.308. The van der Waals surface area contributed by atoms with E-state index in [1.165, 1.54) is 11.9 Å². The summed E-state index contributed by atoms with van der Waals surface area (Å²) < 4.78 is 0. The van der Waals surface area contributed by atoms with Crippen LogP contribution in [0.3, 0.4) is 0 Å². The van der Waals surface area contributed by atoms with E-state index in [1.807, 2.05) is 25.3 Å². The highest BCUT2D eigenvalue weighted by Gasteiger charge is 2.29. The highest BCUT2D eigenvalue weighted by Crippen LogP contribution is 2.31. The third-order valence-electron chi connectivity index (χ3n) is 4.50. The number of nitrogens with one attached hydrogen (secondary N) is 1. The number of hydrazine groups is 1. The summed E-state index contributed by atoms with van der Waals surface area (Å²) in [6.07, 6.45) is 6.05. The van der Waals surface area contributed by atoms with E-state index in [1.54, 1.807) is 18.3 Å². The van der Waals surface area contributed by atoms with E-state index in [2.05, 4.69) is 22.6 Å². The molecule has 0 saturated carbocycles. The molecule has 26 heavy (non-hydrogen) atoms. The monoisotopic (exact) mass is 351 g/mol. The van der Waals surface area contributed by atoms with Gasteiger partial charge in [0.1, 0.15) is 5.82 Å². The quantitative estimate of drug-likeness (QED) is 0.330. The van der Waals surface area contributed by atoms with Gasteiger partial charge in [-0.2, -0.15) is 5.26 Å². The van der Waals surface area contributed by atoms with Crippen LogP contribution in [0.15, 0.2) is 48.8 Å². The fourth-order valence-electron chi connectivity index (χ4n) is 3.21. The van der Waals surface area contributed by atoms with Gasteiger partial charge < -0.3 is 4.98 Å². The third-order valence-corrected chi connectivity index (χ3v) is 4.50. The van der Waals surface area contributed by atoms with E-state index in [4.69, 9.17) is 11.1 Å². The Kier molecular flexibility index (Phi) is 6.70. The van der Waals surface area contributed by atoms with Crippen LogP contribution >= 0.6 is 0 Å². The fourth-order valence-corrected chi connectivity index (χ4v) is 3.21. The average molecular weight is 351 g/mol. The van der Waals surface area contributed by atoms with Gasteiger partial charge in [-0.15, -0.1) is 0 Å². The third kappa shape index (κ3) is 4.80. The average Bonchev–Trinajstić information content (AvgIpc) is 3.13. The first kappa shape index (κ1) is 19.4. The van der Waals surface area contributed by atoms with Gasteiger partial charge in [0.2, 0.25) is 5.91 Å². The molecule has 2 atom stereocenters. The molecule has 0 aliphatic carbocycles. The molecule has 0 fully saturated rings. The van der Waals surface area contributed by atoms with Crippen LogP contribution in [0.1, 0.15) is 49.6 Å². The van der Waals surface area contributed by atoms with Crippen molar-refractivity contribution in [1.82, 2.24) is 15.0 Å². The Morgan fingerprint density at radius 3 is 2.58 bits per heavy atom. The number of carbonyl (C=O) groups excluding carboxylic acids is 1. The molecule has 1 amide bonds. The molecule has 1 heterocycles. The number of aryl methyl sites for hydroxylation is 1. The minimum absolute atomic E-state index is 0.0101. The topological polar surface area (TPSA) is 98.8 Å². The summed E-state index contributed by atoms with van der Waals surface area (Å²) in [7, 11) is 0. The number of nitrogens with two attached hydrogens (primary N) is 1. The van der Waals surface area contributed by atoms with E-state index in [0.717, 1.165) is 36.2 Å². The molecule has 2 rings (SSSR count). The van der Waals surface area contributed by atoms with E-state index < -0.39 is 0 Å². The lowest BCUT2D eigenvalue weighted by Gasteiger charge is -2.34. The smallest absolute Gasteiger partial charge is 0.233 e. The summed E-state index contributed by atoms with van der Waals surface area (Å²) in [5.41, 5.74) is 2.47. The van der Waals surface area contributed by atoms with Gasteiger partial charge in [-0.3, -0.25) is 9.80 Å². The number of rotatable bonds is 8. The summed E-state index contributed by atoms with van der Waals surface area (Å²) >= 11 is 0. The van der Waals surface area contributed by atoms with Crippen molar-refractivity contribution < 1.29 is 4.79 Å². The molecule has 2 unspecified atom stereocenters. The fraction of sp³-hybridized carbons (Fsp3) is 0.350. The Morgan fingerprint density at radius 2 is 2.08 bits per heavy atom. The molecule has 0 saturated heterocycles. The van der Waals surface area contributed by atoms with Crippen molar-refractivity contribution in [2.75, 3.05) is 0 Å². The van der Waals surface area contributed by atoms with Gasteiger partial charge in [-0.05, 0) is 37.5 Å². The number of aromatic amines is 1. The Labute approximate surface area is 154 Å². The van der Waals surface area contributed by atoms with Gasteiger partial charge in [0.15, 0.2) is 0 Å². The highest BCUT2D eigenvalue weighted by molar-refractivity contribution is 5.73. The Balaban J connectivity index is 2.27. The highest BCUT2D eigenvalue weighted by atomic mass is 16.2. The number of hydrogen-bond acceptors (Lipinski definition) is 4. The van der Waals surface area contributed by atoms with E-state index in [0.29, 0.717) is 5.56 Å². The summed E-state index contributed by atoms with van der Waals surface area (Å²) in [5, 5.41) is 10.3. The molecule has 0 radical (unpaired) electrons. The van der Waals surface area contributed by atoms with Crippen molar-refractivity contribution in [3.63, 3.8) is 0 Å². The predicted molar refractivity (Wildman–Crippen MR) is 101 cm³/mol. The molecule has 0 spiro atoms. The summed E-state index contributed by atoms with van der Waals surface area (Å²) in [5.74, 6) is 6.80. The largest absolute Gasteiger partial charge is 0.349 e. The second kappa shape index (κ2) is 8.97. The molecule has 1 aromatic heterocycles. The maximum absolute atomic E-state index is 11.9.